The molecule has 0 N–H and O–H groups in total. The molecule has 5 aromatic carbocycles. The lowest BCUT2D eigenvalue weighted by Gasteiger charge is -2.36. The van der Waals surface area contributed by atoms with Gasteiger partial charge in [0.1, 0.15) is 11.3 Å². The number of rotatable bonds is 11. The molecule has 0 amide bonds. The number of aromatic nitrogens is 3. The minimum absolute atomic E-state index is 0.0164. The van der Waals surface area contributed by atoms with Crippen molar-refractivity contribution in [1.82, 2.24) is 15.0 Å². The predicted octanol–water partition coefficient (Wildman–Crippen LogP) is 9.54. The molecular weight excluding hydrogens is 704 g/mol. The van der Waals surface area contributed by atoms with E-state index in [1.807, 2.05) is 91.0 Å². The minimum atomic E-state index is -4.78. The first-order chi connectivity index (χ1) is 25.4. The summed E-state index contributed by atoms with van der Waals surface area (Å²) in [6, 6.07) is 41.7. The van der Waals surface area contributed by atoms with Crippen LogP contribution in [0.15, 0.2) is 149 Å². The zero-order valence-corrected chi connectivity index (χ0v) is 29.7. The van der Waals surface area contributed by atoms with Crippen molar-refractivity contribution in [3.8, 4) is 16.9 Å². The number of esters is 2. The molecule has 0 bridgehead atoms. The van der Waals surface area contributed by atoms with Crippen molar-refractivity contribution in [2.75, 3.05) is 6.79 Å². The van der Waals surface area contributed by atoms with E-state index in [-0.39, 0.29) is 16.5 Å². The highest BCUT2D eigenvalue weighted by Crippen LogP contribution is 2.43. The molecule has 1 heterocycles. The summed E-state index contributed by atoms with van der Waals surface area (Å²) >= 11 is 1.17. The van der Waals surface area contributed by atoms with Crippen molar-refractivity contribution in [2.24, 2.45) is 5.41 Å². The first kappa shape index (κ1) is 36.9. The number of halogens is 3. The summed E-state index contributed by atoms with van der Waals surface area (Å²) in [4.78, 5) is 27.5. The Morgan fingerprint density at radius 1 is 0.660 bits per heavy atom. The number of carbonyl (C=O) groups excluding carboxylic acids is 2. The molecule has 0 saturated heterocycles. The number of alkyl halides is 3. The molecule has 0 aliphatic rings. The minimum Gasteiger partial charge on any atom is -0.427 e. The molecule has 0 aliphatic heterocycles. The van der Waals surface area contributed by atoms with Crippen LogP contribution >= 0.6 is 11.8 Å². The summed E-state index contributed by atoms with van der Waals surface area (Å²) in [7, 11) is 0. The van der Waals surface area contributed by atoms with Gasteiger partial charge in [-0.2, -0.15) is 0 Å². The highest BCUT2D eigenvalue weighted by molar-refractivity contribution is 7.99. The van der Waals surface area contributed by atoms with Crippen LogP contribution in [-0.4, -0.2) is 40.1 Å². The molecule has 270 valence electrons. The molecule has 12 heteroatoms. The quantitative estimate of drug-likeness (QED) is 0.0738. The van der Waals surface area contributed by atoms with E-state index in [0.717, 1.165) is 22.3 Å². The van der Waals surface area contributed by atoms with E-state index >= 15 is 0 Å². The summed E-state index contributed by atoms with van der Waals surface area (Å²) in [5.74, 6) is -1.67. The Morgan fingerprint density at radius 3 is 1.58 bits per heavy atom. The van der Waals surface area contributed by atoms with Crippen LogP contribution < -0.4 is 4.74 Å². The summed E-state index contributed by atoms with van der Waals surface area (Å²) < 4.78 is 54.4. The van der Waals surface area contributed by atoms with Gasteiger partial charge >= 0.3 is 18.3 Å². The molecule has 0 aliphatic carbocycles. The third-order valence-corrected chi connectivity index (χ3v) is 9.18. The lowest BCUT2D eigenvalue weighted by atomic mass is 9.77. The Kier molecular flexibility index (Phi) is 10.7. The monoisotopic (exact) mass is 737 g/mol. The average Bonchev–Trinajstić information content (AvgIpc) is 3.56. The van der Waals surface area contributed by atoms with Gasteiger partial charge in [-0.15, -0.1) is 18.3 Å². The maximum absolute atomic E-state index is 14.3. The van der Waals surface area contributed by atoms with Gasteiger partial charge in [-0.25, -0.2) is 9.48 Å². The zero-order valence-electron chi connectivity index (χ0n) is 28.9. The molecule has 8 nitrogen and oxygen atoms in total. The van der Waals surface area contributed by atoms with Gasteiger partial charge in [-0.3, -0.25) is 4.79 Å². The highest BCUT2D eigenvalue weighted by atomic mass is 32.2. The van der Waals surface area contributed by atoms with Crippen molar-refractivity contribution in [3.05, 3.63) is 162 Å². The molecule has 0 fully saturated rings. The van der Waals surface area contributed by atoms with Crippen molar-refractivity contribution < 1.29 is 37.0 Å². The lowest BCUT2D eigenvalue weighted by Crippen LogP contribution is -2.41. The second-order valence-electron chi connectivity index (χ2n) is 12.9. The number of ether oxygens (including phenoxy) is 3. The van der Waals surface area contributed by atoms with Crippen LogP contribution in [0.4, 0.5) is 13.2 Å². The van der Waals surface area contributed by atoms with Gasteiger partial charge in [-0.1, -0.05) is 132 Å². The van der Waals surface area contributed by atoms with Gasteiger partial charge in [0.2, 0.25) is 6.79 Å². The van der Waals surface area contributed by atoms with Crippen molar-refractivity contribution in [2.45, 2.75) is 42.6 Å². The summed E-state index contributed by atoms with van der Waals surface area (Å²) in [5, 5.41) is 9.43. The van der Waals surface area contributed by atoms with Gasteiger partial charge in [0.25, 0.3) is 0 Å². The smallest absolute Gasteiger partial charge is 0.427 e. The van der Waals surface area contributed by atoms with Crippen LogP contribution in [0.3, 0.4) is 0 Å². The number of hydrogen-bond donors (Lipinski definition) is 0. The van der Waals surface area contributed by atoms with E-state index in [2.05, 4.69) is 15.0 Å². The Bertz CT molecular complexity index is 2060. The average molecular weight is 738 g/mol. The van der Waals surface area contributed by atoms with Gasteiger partial charge in [0, 0.05) is 4.90 Å². The Labute approximate surface area is 308 Å². The van der Waals surface area contributed by atoms with Gasteiger partial charge in [0.15, 0.2) is 10.7 Å². The standard InChI is InChI=1S/C41H34F3N3O5S/c1-39(2,3)38(49)51-27-50-37(48)35-36(53-34-25-21-29(22-26-34)28-19-23-33(24-20-28)52-41(42,43)44)45-46-47(35)40(30-13-7-4-8-14-30,31-15-9-5-10-16-31)32-17-11-6-12-18-32/h4-26H,27H2,1-3H3. The molecule has 0 radical (unpaired) electrons. The normalized spacial score (nSPS) is 11.9. The molecule has 0 saturated carbocycles. The van der Waals surface area contributed by atoms with Crippen LogP contribution in [0.1, 0.15) is 48.0 Å². The summed E-state index contributed by atoms with van der Waals surface area (Å²) in [5.41, 5.74) is 1.79. The van der Waals surface area contributed by atoms with E-state index in [0.29, 0.717) is 10.5 Å². The second kappa shape index (κ2) is 15.4. The number of hydrogen-bond acceptors (Lipinski definition) is 8. The summed E-state index contributed by atoms with van der Waals surface area (Å²) in [6.07, 6.45) is -4.78. The largest absolute Gasteiger partial charge is 0.573 e. The van der Waals surface area contributed by atoms with Crippen LogP contribution in [0.2, 0.25) is 0 Å². The van der Waals surface area contributed by atoms with Gasteiger partial charge in [-0.05, 0) is 72.9 Å². The molecule has 6 rings (SSSR count). The Hall–Kier alpha value is -5.88. The van der Waals surface area contributed by atoms with Crippen LogP contribution in [0, 0.1) is 5.41 Å². The maximum atomic E-state index is 14.3. The second-order valence-corrected chi connectivity index (χ2v) is 14.0. The Morgan fingerprint density at radius 2 is 1.13 bits per heavy atom. The summed E-state index contributed by atoms with van der Waals surface area (Å²) in [6.45, 7) is 4.46. The maximum Gasteiger partial charge on any atom is 0.573 e. The molecular formula is C41H34F3N3O5S. The van der Waals surface area contributed by atoms with Crippen molar-refractivity contribution >= 4 is 23.7 Å². The van der Waals surface area contributed by atoms with Crippen LogP contribution in [0.5, 0.6) is 5.75 Å². The first-order valence-corrected chi connectivity index (χ1v) is 17.3. The molecule has 1 aromatic heterocycles. The van der Waals surface area contributed by atoms with Gasteiger partial charge in [0.05, 0.1) is 5.41 Å². The van der Waals surface area contributed by atoms with E-state index in [1.165, 1.54) is 36.0 Å². The van der Waals surface area contributed by atoms with E-state index in [4.69, 9.17) is 9.47 Å². The van der Waals surface area contributed by atoms with Gasteiger partial charge < -0.3 is 14.2 Å². The fraction of sp³-hybridized carbons (Fsp3) is 0.171. The van der Waals surface area contributed by atoms with E-state index in [9.17, 15) is 22.8 Å². The van der Waals surface area contributed by atoms with Crippen molar-refractivity contribution in [3.63, 3.8) is 0 Å². The molecule has 53 heavy (non-hydrogen) atoms. The third-order valence-electron chi connectivity index (χ3n) is 8.21. The fourth-order valence-corrected chi connectivity index (χ4v) is 6.59. The lowest BCUT2D eigenvalue weighted by molar-refractivity contribution is -0.274. The third kappa shape index (κ3) is 8.28. The molecule has 6 aromatic rings. The van der Waals surface area contributed by atoms with Crippen molar-refractivity contribution in [1.29, 1.82) is 0 Å². The fourth-order valence-electron chi connectivity index (χ4n) is 5.75. The Balaban J connectivity index is 1.44. The first-order valence-electron chi connectivity index (χ1n) is 16.5. The number of benzene rings is 5. The predicted molar refractivity (Wildman–Crippen MR) is 193 cm³/mol. The highest BCUT2D eigenvalue weighted by Gasteiger charge is 2.44. The SMILES string of the molecule is CC(C)(C)C(=O)OCOC(=O)c1c(Sc2ccc(-c3ccc(OC(F)(F)F)cc3)cc2)nnn1C(c1ccccc1)(c1ccccc1)c1ccccc1. The number of carbonyl (C=O) groups is 2. The molecule has 0 atom stereocenters. The topological polar surface area (TPSA) is 92.5 Å². The number of nitrogens with zero attached hydrogens (tertiary/aromatic N) is 3. The zero-order chi connectivity index (χ0) is 37.6. The molecule has 0 spiro atoms. The molecule has 0 unspecified atom stereocenters. The van der Waals surface area contributed by atoms with Crippen LogP contribution in [-0.2, 0) is 19.8 Å². The van der Waals surface area contributed by atoms with E-state index < -0.39 is 36.0 Å². The van der Waals surface area contributed by atoms with E-state index in [1.54, 1.807) is 49.7 Å². The van der Waals surface area contributed by atoms with Crippen LogP contribution in [0.25, 0.3) is 11.1 Å².